The summed E-state index contributed by atoms with van der Waals surface area (Å²) in [4.78, 5) is 4.76. The maximum atomic E-state index is 12.2. The Hall–Kier alpha value is -1.60. The predicted octanol–water partition coefficient (Wildman–Crippen LogP) is 2.02. The van der Waals surface area contributed by atoms with Gasteiger partial charge in [0, 0.05) is 26.2 Å². The average Bonchev–Trinajstić information content (AvgIpc) is 2.55. The van der Waals surface area contributed by atoms with E-state index in [1.807, 2.05) is 13.8 Å². The number of rotatable bonds is 10. The van der Waals surface area contributed by atoms with Gasteiger partial charge >= 0.3 is 0 Å². The Morgan fingerprint density at radius 3 is 2.38 bits per heavy atom. The third-order valence-electron chi connectivity index (χ3n) is 3.42. The number of benzene rings is 1. The van der Waals surface area contributed by atoms with Crippen LogP contribution in [0.4, 0.5) is 0 Å². The summed E-state index contributed by atoms with van der Waals surface area (Å²) in [5, 5.41) is 6.30. The van der Waals surface area contributed by atoms with Crippen molar-refractivity contribution in [3.63, 3.8) is 0 Å². The minimum absolute atomic E-state index is 0.285. The van der Waals surface area contributed by atoms with Gasteiger partial charge in [-0.2, -0.15) is 0 Å². The molecule has 0 heterocycles. The van der Waals surface area contributed by atoms with Crippen LogP contribution >= 0.6 is 0 Å². The van der Waals surface area contributed by atoms with Crippen molar-refractivity contribution in [2.45, 2.75) is 44.9 Å². The third kappa shape index (κ3) is 7.79. The zero-order valence-corrected chi connectivity index (χ0v) is 15.7. The fourth-order valence-electron chi connectivity index (χ4n) is 2.06. The van der Waals surface area contributed by atoms with Gasteiger partial charge in [-0.1, -0.05) is 37.5 Å². The number of nitrogens with zero attached hydrogens (tertiary/aromatic N) is 1. The molecular formula is C17H30N4O2S. The zero-order chi connectivity index (χ0) is 17.8. The molecule has 0 aliphatic heterocycles. The van der Waals surface area contributed by atoms with Crippen molar-refractivity contribution >= 4 is 16.0 Å². The minimum Gasteiger partial charge on any atom is -0.357 e. The van der Waals surface area contributed by atoms with Gasteiger partial charge in [0.05, 0.1) is 4.90 Å². The van der Waals surface area contributed by atoms with E-state index in [0.29, 0.717) is 13.1 Å². The summed E-state index contributed by atoms with van der Waals surface area (Å²) in [6, 6.07) is 6.81. The highest BCUT2D eigenvalue weighted by Crippen LogP contribution is 2.09. The van der Waals surface area contributed by atoms with Gasteiger partial charge in [-0.25, -0.2) is 13.1 Å². The van der Waals surface area contributed by atoms with E-state index in [4.69, 9.17) is 0 Å². The highest BCUT2D eigenvalue weighted by atomic mass is 32.2. The average molecular weight is 355 g/mol. The lowest BCUT2D eigenvalue weighted by molar-refractivity contribution is 0.580. The van der Waals surface area contributed by atoms with Crippen LogP contribution in [0.25, 0.3) is 0 Å². The Kier molecular flexibility index (Phi) is 9.41. The zero-order valence-electron chi connectivity index (χ0n) is 14.9. The molecule has 1 aromatic rings. The summed E-state index contributed by atoms with van der Waals surface area (Å²) in [5.74, 6) is 0.725. The highest BCUT2D eigenvalue weighted by molar-refractivity contribution is 7.89. The summed E-state index contributed by atoms with van der Waals surface area (Å²) < 4.78 is 26.9. The van der Waals surface area contributed by atoms with Gasteiger partial charge in [0.15, 0.2) is 5.96 Å². The van der Waals surface area contributed by atoms with Crippen LogP contribution in [-0.2, 0) is 10.0 Å². The van der Waals surface area contributed by atoms with E-state index in [0.717, 1.165) is 31.0 Å². The molecule has 6 nitrogen and oxygen atoms in total. The highest BCUT2D eigenvalue weighted by Gasteiger charge is 2.12. The molecule has 0 saturated carbocycles. The SMILES string of the molecule is CCCCCN=C(NCC)NCCNS(=O)(=O)c1ccc(C)cc1. The van der Waals surface area contributed by atoms with E-state index < -0.39 is 10.0 Å². The number of guanidine groups is 1. The van der Waals surface area contributed by atoms with E-state index in [1.54, 1.807) is 24.3 Å². The maximum Gasteiger partial charge on any atom is 0.240 e. The summed E-state index contributed by atoms with van der Waals surface area (Å²) in [5.41, 5.74) is 1.03. The van der Waals surface area contributed by atoms with Crippen LogP contribution in [0.3, 0.4) is 0 Å². The Balaban J connectivity index is 2.42. The summed E-state index contributed by atoms with van der Waals surface area (Å²) in [6.07, 6.45) is 3.40. The number of hydrogen-bond acceptors (Lipinski definition) is 3. The Morgan fingerprint density at radius 2 is 1.75 bits per heavy atom. The summed E-state index contributed by atoms with van der Waals surface area (Å²) in [6.45, 7) is 8.42. The molecule has 1 rings (SSSR count). The molecule has 0 unspecified atom stereocenters. The summed E-state index contributed by atoms with van der Waals surface area (Å²) >= 11 is 0. The third-order valence-corrected chi connectivity index (χ3v) is 4.89. The molecule has 3 N–H and O–H groups in total. The lowest BCUT2D eigenvalue weighted by Gasteiger charge is -2.12. The molecule has 136 valence electrons. The number of sulfonamides is 1. The van der Waals surface area contributed by atoms with Crippen LogP contribution in [0.15, 0.2) is 34.2 Å². The van der Waals surface area contributed by atoms with E-state index in [2.05, 4.69) is 27.3 Å². The second-order valence-electron chi connectivity index (χ2n) is 5.61. The normalized spacial score (nSPS) is 12.2. The quantitative estimate of drug-likeness (QED) is 0.341. The van der Waals surface area contributed by atoms with Gasteiger partial charge in [0.2, 0.25) is 10.0 Å². The van der Waals surface area contributed by atoms with Crippen molar-refractivity contribution in [1.29, 1.82) is 0 Å². The van der Waals surface area contributed by atoms with Crippen molar-refractivity contribution < 1.29 is 8.42 Å². The van der Waals surface area contributed by atoms with E-state index in [1.165, 1.54) is 12.8 Å². The molecule has 0 atom stereocenters. The van der Waals surface area contributed by atoms with Crippen LogP contribution in [0, 0.1) is 6.92 Å². The second kappa shape index (κ2) is 11.0. The molecule has 0 aliphatic rings. The number of aryl methyl sites for hydroxylation is 1. The Labute approximate surface area is 146 Å². The first-order valence-electron chi connectivity index (χ1n) is 8.58. The topological polar surface area (TPSA) is 82.6 Å². The smallest absolute Gasteiger partial charge is 0.240 e. The largest absolute Gasteiger partial charge is 0.357 e. The van der Waals surface area contributed by atoms with Gasteiger partial charge in [0.1, 0.15) is 0 Å². The second-order valence-corrected chi connectivity index (χ2v) is 7.37. The van der Waals surface area contributed by atoms with Crippen molar-refractivity contribution in [3.8, 4) is 0 Å². The molecule has 0 fully saturated rings. The number of hydrogen-bond donors (Lipinski definition) is 3. The Bertz CT molecular complexity index is 598. The predicted molar refractivity (Wildman–Crippen MR) is 99.9 cm³/mol. The molecule has 0 radical (unpaired) electrons. The lowest BCUT2D eigenvalue weighted by Crippen LogP contribution is -2.41. The van der Waals surface area contributed by atoms with E-state index in [-0.39, 0.29) is 4.90 Å². The van der Waals surface area contributed by atoms with Crippen LogP contribution in [0.5, 0.6) is 0 Å². The number of nitrogens with one attached hydrogen (secondary N) is 3. The maximum absolute atomic E-state index is 12.2. The van der Waals surface area contributed by atoms with E-state index >= 15 is 0 Å². The van der Waals surface area contributed by atoms with Gasteiger partial charge in [0.25, 0.3) is 0 Å². The van der Waals surface area contributed by atoms with Crippen LogP contribution in [-0.4, -0.2) is 40.6 Å². The molecule has 0 aliphatic carbocycles. The first-order valence-corrected chi connectivity index (χ1v) is 10.1. The first-order chi connectivity index (χ1) is 11.5. The van der Waals surface area contributed by atoms with Crippen LogP contribution in [0.1, 0.15) is 38.7 Å². The fourth-order valence-corrected chi connectivity index (χ4v) is 3.09. The molecule has 0 aromatic heterocycles. The van der Waals surface area contributed by atoms with Gasteiger partial charge in [-0.05, 0) is 32.4 Å². The van der Waals surface area contributed by atoms with Crippen molar-refractivity contribution in [2.24, 2.45) is 4.99 Å². The monoisotopic (exact) mass is 354 g/mol. The number of unbranched alkanes of at least 4 members (excludes halogenated alkanes) is 2. The molecular weight excluding hydrogens is 324 g/mol. The first kappa shape index (κ1) is 20.4. The van der Waals surface area contributed by atoms with Crippen LogP contribution < -0.4 is 15.4 Å². The molecule has 24 heavy (non-hydrogen) atoms. The Morgan fingerprint density at radius 1 is 1.04 bits per heavy atom. The standard InChI is InChI=1S/C17H30N4O2S/c1-4-6-7-12-19-17(18-5-2)20-13-14-21-24(22,23)16-10-8-15(3)9-11-16/h8-11,21H,4-7,12-14H2,1-3H3,(H2,18,19,20). The van der Waals surface area contributed by atoms with Gasteiger partial charge in [-0.15, -0.1) is 0 Å². The van der Waals surface area contributed by atoms with Crippen molar-refractivity contribution in [2.75, 3.05) is 26.2 Å². The summed E-state index contributed by atoms with van der Waals surface area (Å²) in [7, 11) is -3.46. The molecule has 0 bridgehead atoms. The minimum atomic E-state index is -3.46. The van der Waals surface area contributed by atoms with Crippen molar-refractivity contribution in [3.05, 3.63) is 29.8 Å². The number of aliphatic imine (C=N–C) groups is 1. The molecule has 7 heteroatoms. The van der Waals surface area contributed by atoms with Gasteiger partial charge < -0.3 is 10.6 Å². The fraction of sp³-hybridized carbons (Fsp3) is 0.588. The lowest BCUT2D eigenvalue weighted by atomic mass is 10.2. The molecule has 0 spiro atoms. The van der Waals surface area contributed by atoms with Crippen molar-refractivity contribution in [1.82, 2.24) is 15.4 Å². The van der Waals surface area contributed by atoms with Crippen LogP contribution in [0.2, 0.25) is 0 Å². The molecule has 0 saturated heterocycles. The van der Waals surface area contributed by atoms with Gasteiger partial charge in [-0.3, -0.25) is 4.99 Å². The van der Waals surface area contributed by atoms with E-state index in [9.17, 15) is 8.42 Å². The molecule has 0 amide bonds. The molecule has 1 aromatic carbocycles.